The van der Waals surface area contributed by atoms with Gasteiger partial charge in [-0.1, -0.05) is 76.6 Å². The number of morpholine rings is 1. The van der Waals surface area contributed by atoms with Crippen LogP contribution in [0.25, 0.3) is 28.2 Å². The Bertz CT molecular complexity index is 1620. The highest BCUT2D eigenvalue weighted by molar-refractivity contribution is 9.10. The lowest BCUT2D eigenvalue weighted by Crippen LogP contribution is -2.37. The Morgan fingerprint density at radius 1 is 0.900 bits per heavy atom. The summed E-state index contributed by atoms with van der Waals surface area (Å²) in [5.41, 5.74) is 8.95. The molecule has 1 aliphatic rings. The fourth-order valence-corrected chi connectivity index (χ4v) is 5.03. The number of anilines is 2. The molecule has 0 unspecified atom stereocenters. The van der Waals surface area contributed by atoms with Gasteiger partial charge in [-0.15, -0.1) is 0 Å². The van der Waals surface area contributed by atoms with Crippen molar-refractivity contribution >= 4 is 33.9 Å². The van der Waals surface area contributed by atoms with E-state index in [-0.39, 0.29) is 11.8 Å². The molecule has 7 nitrogen and oxygen atoms in total. The topological polar surface area (TPSA) is 67.6 Å². The van der Waals surface area contributed by atoms with Gasteiger partial charge in [-0.2, -0.15) is 10.1 Å². The van der Waals surface area contributed by atoms with E-state index in [0.29, 0.717) is 26.3 Å². The van der Waals surface area contributed by atoms with Gasteiger partial charge in [0.15, 0.2) is 11.6 Å². The van der Waals surface area contributed by atoms with E-state index in [2.05, 4.69) is 83.5 Å². The second-order valence-corrected chi connectivity index (χ2v) is 10.1. The molecule has 200 valence electrons. The van der Waals surface area contributed by atoms with Gasteiger partial charge in [-0.3, -0.25) is 0 Å². The third kappa shape index (κ3) is 5.52. The van der Waals surface area contributed by atoms with Crippen molar-refractivity contribution in [3.05, 3.63) is 113 Å². The molecule has 2 aromatic heterocycles. The van der Waals surface area contributed by atoms with Crippen LogP contribution in [-0.2, 0) is 4.74 Å². The Kier molecular flexibility index (Phi) is 7.65. The Morgan fingerprint density at radius 3 is 2.27 bits per heavy atom. The summed E-state index contributed by atoms with van der Waals surface area (Å²) in [6, 6.07) is 30.8. The van der Waals surface area contributed by atoms with Crippen LogP contribution in [0.2, 0.25) is 0 Å². The molecule has 3 heterocycles. The van der Waals surface area contributed by atoms with Crippen LogP contribution in [0.15, 0.2) is 107 Å². The number of benzene rings is 3. The Balaban J connectivity index is 1.42. The maximum absolute atomic E-state index is 14.5. The summed E-state index contributed by atoms with van der Waals surface area (Å²) >= 11 is 3.56. The number of halogens is 2. The van der Waals surface area contributed by atoms with Gasteiger partial charge in [-0.25, -0.2) is 14.8 Å². The Hall–Kier alpha value is -4.34. The summed E-state index contributed by atoms with van der Waals surface area (Å²) in [5, 5.41) is 4.48. The molecule has 3 aromatic carbocycles. The lowest BCUT2D eigenvalue weighted by Gasteiger charge is -2.27. The maximum Gasteiger partial charge on any atom is 0.245 e. The number of nitrogens with zero attached hydrogens (tertiary/aromatic N) is 5. The molecule has 0 bridgehead atoms. The van der Waals surface area contributed by atoms with Gasteiger partial charge in [0.2, 0.25) is 5.95 Å². The van der Waals surface area contributed by atoms with Gasteiger partial charge >= 0.3 is 0 Å². The van der Waals surface area contributed by atoms with E-state index in [9.17, 15) is 4.39 Å². The molecule has 0 aliphatic carbocycles. The summed E-state index contributed by atoms with van der Waals surface area (Å²) in [5.74, 6) is -0.00775. The Labute approximate surface area is 240 Å². The van der Waals surface area contributed by atoms with E-state index in [1.165, 1.54) is 6.20 Å². The quantitative estimate of drug-likeness (QED) is 0.165. The minimum absolute atomic E-state index is 0.219. The number of rotatable bonds is 7. The third-order valence-electron chi connectivity index (χ3n) is 6.64. The summed E-state index contributed by atoms with van der Waals surface area (Å²) in [7, 11) is 0. The Morgan fingerprint density at radius 2 is 1.57 bits per heavy atom. The molecule has 0 radical (unpaired) electrons. The van der Waals surface area contributed by atoms with Crippen molar-refractivity contribution in [1.29, 1.82) is 0 Å². The average Bonchev–Trinajstić information content (AvgIpc) is 3.39. The van der Waals surface area contributed by atoms with Crippen LogP contribution in [-0.4, -0.2) is 47.1 Å². The van der Waals surface area contributed by atoms with Crippen LogP contribution in [0.3, 0.4) is 0 Å². The normalized spacial score (nSPS) is 13.6. The highest BCUT2D eigenvalue weighted by atomic mass is 79.9. The first-order chi connectivity index (χ1) is 19.7. The van der Waals surface area contributed by atoms with Crippen LogP contribution in [0, 0.1) is 5.82 Å². The van der Waals surface area contributed by atoms with Crippen molar-refractivity contribution in [2.75, 3.05) is 36.6 Å². The summed E-state index contributed by atoms with van der Waals surface area (Å²) < 4.78 is 23.1. The fraction of sp³-hybridized carbons (Fsp3) is 0.129. The molecular weight excluding hydrogens is 571 g/mol. The molecule has 1 N–H and O–H groups in total. The van der Waals surface area contributed by atoms with E-state index in [0.717, 1.165) is 38.2 Å². The van der Waals surface area contributed by atoms with Crippen molar-refractivity contribution < 1.29 is 9.13 Å². The molecular formula is C31H26BrFN6O. The van der Waals surface area contributed by atoms with Crippen molar-refractivity contribution in [2.24, 2.45) is 5.10 Å². The van der Waals surface area contributed by atoms with Crippen molar-refractivity contribution in [3.8, 4) is 28.2 Å². The van der Waals surface area contributed by atoms with E-state index in [1.54, 1.807) is 6.21 Å². The first-order valence-electron chi connectivity index (χ1n) is 12.9. The first-order valence-corrected chi connectivity index (χ1v) is 13.7. The summed E-state index contributed by atoms with van der Waals surface area (Å²) in [6.45, 7) is 2.21. The lowest BCUT2D eigenvalue weighted by atomic mass is 10.1. The highest BCUT2D eigenvalue weighted by Crippen LogP contribution is 2.35. The predicted molar refractivity (Wildman–Crippen MR) is 161 cm³/mol. The standard InChI is InChI=1S/C31H26BrFN6O/c32-25-11-13-26(14-12-25)39-28(22-7-3-1-4-8-22)19-24(29(39)23-9-5-2-6-10-23)20-35-37-31-34-21-27(33)30(36-31)38-15-17-40-18-16-38/h1-14,19-21H,15-18H2,(H,34,36,37). The number of ether oxygens (including phenoxy) is 1. The molecule has 0 saturated carbocycles. The zero-order valence-electron chi connectivity index (χ0n) is 21.5. The van der Waals surface area contributed by atoms with Gasteiger partial charge in [0.05, 0.1) is 37.0 Å². The smallest absolute Gasteiger partial charge is 0.245 e. The van der Waals surface area contributed by atoms with Gasteiger partial charge in [0, 0.05) is 28.8 Å². The number of hydrazone groups is 1. The third-order valence-corrected chi connectivity index (χ3v) is 7.16. The predicted octanol–water partition coefficient (Wildman–Crippen LogP) is 6.79. The minimum Gasteiger partial charge on any atom is -0.378 e. The average molecular weight is 597 g/mol. The van der Waals surface area contributed by atoms with Crippen LogP contribution < -0.4 is 10.3 Å². The number of nitrogens with one attached hydrogen (secondary N) is 1. The molecule has 6 rings (SSSR count). The molecule has 9 heteroatoms. The number of aromatic nitrogens is 3. The van der Waals surface area contributed by atoms with Crippen LogP contribution in [0.5, 0.6) is 0 Å². The van der Waals surface area contributed by atoms with E-state index >= 15 is 0 Å². The van der Waals surface area contributed by atoms with Crippen LogP contribution in [0.4, 0.5) is 16.2 Å². The molecule has 40 heavy (non-hydrogen) atoms. The van der Waals surface area contributed by atoms with E-state index < -0.39 is 5.82 Å². The second kappa shape index (κ2) is 11.8. The lowest BCUT2D eigenvalue weighted by molar-refractivity contribution is 0.122. The first kappa shape index (κ1) is 25.9. The van der Waals surface area contributed by atoms with Crippen LogP contribution >= 0.6 is 15.9 Å². The summed E-state index contributed by atoms with van der Waals surface area (Å²) in [4.78, 5) is 10.3. The van der Waals surface area contributed by atoms with Gasteiger partial charge in [0.25, 0.3) is 0 Å². The SMILES string of the molecule is Fc1cnc(NN=Cc2cc(-c3ccccc3)n(-c3ccc(Br)cc3)c2-c2ccccc2)nc1N1CCOCC1. The molecule has 1 aliphatic heterocycles. The van der Waals surface area contributed by atoms with Crippen molar-refractivity contribution in [2.45, 2.75) is 0 Å². The summed E-state index contributed by atoms with van der Waals surface area (Å²) in [6.07, 6.45) is 2.92. The largest absolute Gasteiger partial charge is 0.378 e. The van der Waals surface area contributed by atoms with Crippen LogP contribution in [0.1, 0.15) is 5.56 Å². The number of hydrogen-bond donors (Lipinski definition) is 1. The zero-order chi connectivity index (χ0) is 27.3. The maximum atomic E-state index is 14.5. The minimum atomic E-state index is -0.470. The molecule has 0 atom stereocenters. The molecule has 0 amide bonds. The molecule has 1 saturated heterocycles. The van der Waals surface area contributed by atoms with E-state index in [4.69, 9.17) is 4.74 Å². The fourth-order valence-electron chi connectivity index (χ4n) is 4.77. The highest BCUT2D eigenvalue weighted by Gasteiger charge is 2.20. The van der Waals surface area contributed by atoms with Gasteiger partial charge < -0.3 is 14.2 Å². The molecule has 1 fully saturated rings. The van der Waals surface area contributed by atoms with Crippen molar-refractivity contribution in [3.63, 3.8) is 0 Å². The van der Waals surface area contributed by atoms with E-state index in [1.807, 2.05) is 53.4 Å². The molecule has 5 aromatic rings. The zero-order valence-corrected chi connectivity index (χ0v) is 23.1. The monoisotopic (exact) mass is 596 g/mol. The van der Waals surface area contributed by atoms with Gasteiger partial charge in [0.1, 0.15) is 0 Å². The molecule has 0 spiro atoms. The van der Waals surface area contributed by atoms with Gasteiger partial charge in [-0.05, 0) is 41.5 Å². The number of hydrogen-bond acceptors (Lipinski definition) is 6. The second-order valence-electron chi connectivity index (χ2n) is 9.21. The van der Waals surface area contributed by atoms with Crippen molar-refractivity contribution in [1.82, 2.24) is 14.5 Å².